The average Bonchev–Trinajstić information content (AvgIpc) is 2.75. The molecule has 0 unspecified atom stereocenters. The molecule has 32 heavy (non-hydrogen) atoms. The first-order chi connectivity index (χ1) is 15.3. The largest absolute Gasteiger partial charge is 0.272 e. The van der Waals surface area contributed by atoms with Crippen LogP contribution in [0.1, 0.15) is 11.1 Å². The Kier molecular flexibility index (Phi) is 8.28. The first-order valence-corrected chi connectivity index (χ1v) is 11.9. The van der Waals surface area contributed by atoms with Crippen LogP contribution in [0.15, 0.2) is 82.8 Å². The number of rotatable bonds is 8. The number of nitrogens with one attached hydrogen (secondary N) is 1. The van der Waals surface area contributed by atoms with E-state index in [1.54, 1.807) is 54.6 Å². The predicted molar refractivity (Wildman–Crippen MR) is 128 cm³/mol. The van der Waals surface area contributed by atoms with Crippen molar-refractivity contribution in [3.05, 3.63) is 99.0 Å². The molecular weight excluding hydrogens is 493 g/mol. The smallest absolute Gasteiger partial charge is 0.255 e. The van der Waals surface area contributed by atoms with Gasteiger partial charge in [-0.05, 0) is 47.5 Å². The summed E-state index contributed by atoms with van der Waals surface area (Å²) in [4.78, 5) is 12.6. The molecule has 0 aliphatic heterocycles. The van der Waals surface area contributed by atoms with Gasteiger partial charge in [0.15, 0.2) is 0 Å². The van der Waals surface area contributed by atoms with Crippen LogP contribution >= 0.6 is 34.8 Å². The van der Waals surface area contributed by atoms with Crippen molar-refractivity contribution < 1.29 is 13.2 Å². The second kappa shape index (κ2) is 10.9. The molecule has 0 bridgehead atoms. The van der Waals surface area contributed by atoms with E-state index >= 15 is 0 Å². The van der Waals surface area contributed by atoms with Crippen molar-refractivity contribution in [1.82, 2.24) is 9.73 Å². The van der Waals surface area contributed by atoms with E-state index in [0.717, 1.165) is 4.31 Å². The maximum Gasteiger partial charge on any atom is 0.255 e. The van der Waals surface area contributed by atoms with Crippen LogP contribution in [-0.4, -0.2) is 31.4 Å². The summed E-state index contributed by atoms with van der Waals surface area (Å²) in [6.07, 6.45) is 1.41. The molecule has 0 aliphatic carbocycles. The summed E-state index contributed by atoms with van der Waals surface area (Å²) in [7, 11) is -3.99. The van der Waals surface area contributed by atoms with Crippen molar-refractivity contribution in [3.63, 3.8) is 0 Å². The predicted octanol–water partition coefficient (Wildman–Crippen LogP) is 4.99. The van der Waals surface area contributed by atoms with E-state index in [2.05, 4.69) is 10.5 Å². The van der Waals surface area contributed by atoms with E-state index in [1.807, 2.05) is 0 Å². The van der Waals surface area contributed by atoms with E-state index in [9.17, 15) is 13.2 Å². The quantitative estimate of drug-likeness (QED) is 0.343. The van der Waals surface area contributed by atoms with Crippen LogP contribution in [0.4, 0.5) is 0 Å². The SMILES string of the molecule is O=C(CN(Cc1ccc(Cl)cc1Cl)S(=O)(=O)c1ccccc1)N/N=C\c1cccc(Cl)c1. The minimum absolute atomic E-state index is 0.0558. The average molecular weight is 511 g/mol. The number of hydrazone groups is 1. The molecule has 3 aromatic rings. The molecule has 0 heterocycles. The molecular formula is C22H18Cl3N3O3S. The van der Waals surface area contributed by atoms with Crippen molar-refractivity contribution in [2.75, 3.05) is 6.54 Å². The number of nitrogens with zero attached hydrogens (tertiary/aromatic N) is 2. The van der Waals surface area contributed by atoms with Gasteiger partial charge in [-0.25, -0.2) is 13.8 Å². The summed E-state index contributed by atoms with van der Waals surface area (Å²) < 4.78 is 27.4. The van der Waals surface area contributed by atoms with Gasteiger partial charge in [0.2, 0.25) is 10.0 Å². The second-order valence-corrected chi connectivity index (χ2v) is 9.89. The highest BCUT2D eigenvalue weighted by atomic mass is 35.5. The Hall–Kier alpha value is -2.42. The Morgan fingerprint density at radius 3 is 2.34 bits per heavy atom. The van der Waals surface area contributed by atoms with Gasteiger partial charge in [-0.2, -0.15) is 9.41 Å². The zero-order valence-electron chi connectivity index (χ0n) is 16.6. The van der Waals surface area contributed by atoms with Crippen LogP contribution in [0.3, 0.4) is 0 Å². The van der Waals surface area contributed by atoms with Crippen LogP contribution in [0.2, 0.25) is 15.1 Å². The van der Waals surface area contributed by atoms with Crippen LogP contribution in [0.5, 0.6) is 0 Å². The summed E-state index contributed by atoms with van der Waals surface area (Å²) >= 11 is 18.1. The number of benzene rings is 3. The highest BCUT2D eigenvalue weighted by molar-refractivity contribution is 7.89. The van der Waals surface area contributed by atoms with Gasteiger partial charge in [-0.15, -0.1) is 0 Å². The van der Waals surface area contributed by atoms with Crippen molar-refractivity contribution in [2.45, 2.75) is 11.4 Å². The lowest BCUT2D eigenvalue weighted by Gasteiger charge is -2.22. The van der Waals surface area contributed by atoms with Gasteiger partial charge in [0.1, 0.15) is 0 Å². The van der Waals surface area contributed by atoms with Crippen molar-refractivity contribution in [2.24, 2.45) is 5.10 Å². The Morgan fingerprint density at radius 2 is 1.66 bits per heavy atom. The Morgan fingerprint density at radius 1 is 0.938 bits per heavy atom. The van der Waals surface area contributed by atoms with Gasteiger partial charge in [0, 0.05) is 21.6 Å². The van der Waals surface area contributed by atoms with Gasteiger partial charge >= 0.3 is 0 Å². The molecule has 0 saturated heterocycles. The Balaban J connectivity index is 1.81. The third kappa shape index (κ3) is 6.54. The van der Waals surface area contributed by atoms with Crippen LogP contribution in [0, 0.1) is 0 Å². The summed E-state index contributed by atoms with van der Waals surface area (Å²) in [5.41, 5.74) is 3.53. The van der Waals surface area contributed by atoms with Gasteiger partial charge < -0.3 is 0 Å². The van der Waals surface area contributed by atoms with E-state index in [0.29, 0.717) is 26.2 Å². The summed E-state index contributed by atoms with van der Waals surface area (Å²) in [6.45, 7) is -0.596. The molecule has 3 aromatic carbocycles. The normalized spacial score (nSPS) is 11.8. The van der Waals surface area contributed by atoms with Crippen LogP contribution < -0.4 is 5.43 Å². The van der Waals surface area contributed by atoms with Gasteiger partial charge in [0.25, 0.3) is 5.91 Å². The van der Waals surface area contributed by atoms with E-state index in [-0.39, 0.29) is 11.4 Å². The molecule has 1 amide bonds. The number of amides is 1. The molecule has 0 spiro atoms. The molecule has 0 radical (unpaired) electrons. The first-order valence-electron chi connectivity index (χ1n) is 9.32. The third-order valence-corrected chi connectivity index (χ3v) is 6.94. The minimum Gasteiger partial charge on any atom is -0.272 e. The number of carbonyl (C=O) groups excluding carboxylic acids is 1. The molecule has 1 N–H and O–H groups in total. The van der Waals surface area contributed by atoms with E-state index < -0.39 is 22.5 Å². The van der Waals surface area contributed by atoms with Gasteiger partial charge in [0.05, 0.1) is 17.7 Å². The Bertz CT molecular complexity index is 1240. The fourth-order valence-electron chi connectivity index (χ4n) is 2.77. The summed E-state index contributed by atoms with van der Waals surface area (Å²) in [5.74, 6) is -0.618. The number of halogens is 3. The number of hydrogen-bond donors (Lipinski definition) is 1. The lowest BCUT2D eigenvalue weighted by atomic mass is 10.2. The second-order valence-electron chi connectivity index (χ2n) is 6.67. The molecule has 3 rings (SSSR count). The number of hydrogen-bond acceptors (Lipinski definition) is 4. The van der Waals surface area contributed by atoms with E-state index in [4.69, 9.17) is 34.8 Å². The topological polar surface area (TPSA) is 78.8 Å². The molecule has 0 aromatic heterocycles. The first kappa shape index (κ1) is 24.2. The highest BCUT2D eigenvalue weighted by Gasteiger charge is 2.27. The zero-order valence-corrected chi connectivity index (χ0v) is 19.7. The van der Waals surface area contributed by atoms with Crippen molar-refractivity contribution in [3.8, 4) is 0 Å². The van der Waals surface area contributed by atoms with Gasteiger partial charge in [-0.1, -0.05) is 71.2 Å². The number of carbonyl (C=O) groups is 1. The fraction of sp³-hybridized carbons (Fsp3) is 0.0909. The molecule has 0 atom stereocenters. The Labute approximate surface area is 201 Å². The van der Waals surface area contributed by atoms with Crippen molar-refractivity contribution in [1.29, 1.82) is 0 Å². The lowest BCUT2D eigenvalue weighted by Crippen LogP contribution is -2.39. The molecule has 0 saturated carbocycles. The maximum atomic E-state index is 13.2. The lowest BCUT2D eigenvalue weighted by molar-refractivity contribution is -0.121. The highest BCUT2D eigenvalue weighted by Crippen LogP contribution is 2.25. The van der Waals surface area contributed by atoms with Crippen LogP contribution in [0.25, 0.3) is 0 Å². The zero-order chi connectivity index (χ0) is 23.1. The fourth-order valence-corrected chi connectivity index (χ4v) is 4.83. The molecule has 0 aliphatic rings. The number of sulfonamides is 1. The van der Waals surface area contributed by atoms with E-state index in [1.165, 1.54) is 24.4 Å². The van der Waals surface area contributed by atoms with Crippen molar-refractivity contribution >= 4 is 56.9 Å². The molecule has 10 heteroatoms. The standard InChI is InChI=1S/C22H18Cl3N3O3S/c23-18-6-4-5-16(11-18)13-26-27-22(29)15-28(14-17-9-10-19(24)12-21(17)25)32(30,31)20-7-2-1-3-8-20/h1-13H,14-15H2,(H,27,29)/b26-13-. The van der Waals surface area contributed by atoms with Gasteiger partial charge in [-0.3, -0.25) is 4.79 Å². The van der Waals surface area contributed by atoms with Crippen LogP contribution in [-0.2, 0) is 21.4 Å². The summed E-state index contributed by atoms with van der Waals surface area (Å²) in [5, 5.41) is 5.12. The third-order valence-electron chi connectivity index (χ3n) is 4.31. The molecule has 0 fully saturated rings. The molecule has 6 nitrogen and oxygen atoms in total. The maximum absolute atomic E-state index is 13.2. The molecule has 166 valence electrons. The monoisotopic (exact) mass is 509 g/mol. The minimum atomic E-state index is -3.99. The summed E-state index contributed by atoms with van der Waals surface area (Å²) in [6, 6.07) is 19.5.